The molecule has 1 amide bonds. The summed E-state index contributed by atoms with van der Waals surface area (Å²) in [5.41, 5.74) is 0.791. The number of nitrogens with one attached hydrogen (secondary N) is 1. The molecule has 6 heteroatoms. The van der Waals surface area contributed by atoms with E-state index in [0.29, 0.717) is 17.0 Å². The third-order valence-corrected chi connectivity index (χ3v) is 2.26. The minimum Gasteiger partial charge on any atom is -0.495 e. The summed E-state index contributed by atoms with van der Waals surface area (Å²) in [5.74, 6) is -0.609. The maximum absolute atomic E-state index is 11.3. The maximum Gasteiger partial charge on any atom is 0.337 e. The van der Waals surface area contributed by atoms with Crippen molar-refractivity contribution in [1.82, 2.24) is 0 Å². The Labute approximate surface area is 104 Å². The predicted octanol–water partition coefficient (Wildman–Crippen LogP) is 1.66. The fourth-order valence-electron chi connectivity index (χ4n) is 1.22. The highest BCUT2D eigenvalue weighted by molar-refractivity contribution is 6.29. The fraction of sp³-hybridized carbons (Fsp3) is 0.273. The molecule has 0 aromatic heterocycles. The van der Waals surface area contributed by atoms with E-state index in [2.05, 4.69) is 10.1 Å². The molecule has 0 bridgehead atoms. The number of esters is 1. The molecule has 0 fully saturated rings. The molecule has 0 aliphatic heterocycles. The van der Waals surface area contributed by atoms with E-state index in [-0.39, 0.29) is 11.8 Å². The highest BCUT2D eigenvalue weighted by Gasteiger charge is 2.11. The number of amides is 1. The summed E-state index contributed by atoms with van der Waals surface area (Å²) < 4.78 is 9.64. The number of carbonyl (C=O) groups is 2. The van der Waals surface area contributed by atoms with Crippen LogP contribution < -0.4 is 10.1 Å². The van der Waals surface area contributed by atoms with Gasteiger partial charge < -0.3 is 14.8 Å². The number of hydrogen-bond acceptors (Lipinski definition) is 4. The number of alkyl halides is 1. The lowest BCUT2D eigenvalue weighted by molar-refractivity contribution is -0.113. The summed E-state index contributed by atoms with van der Waals surface area (Å²) in [4.78, 5) is 22.4. The second kappa shape index (κ2) is 6.10. The van der Waals surface area contributed by atoms with Gasteiger partial charge in [0.05, 0.1) is 25.5 Å². The van der Waals surface area contributed by atoms with Crippen molar-refractivity contribution in [2.45, 2.75) is 0 Å². The van der Waals surface area contributed by atoms with E-state index in [4.69, 9.17) is 16.3 Å². The Morgan fingerprint density at radius 2 is 2.06 bits per heavy atom. The van der Waals surface area contributed by atoms with Gasteiger partial charge in [-0.05, 0) is 18.2 Å². The quantitative estimate of drug-likeness (QED) is 0.658. The van der Waals surface area contributed by atoms with Crippen LogP contribution in [0.3, 0.4) is 0 Å². The predicted molar refractivity (Wildman–Crippen MR) is 63.7 cm³/mol. The third-order valence-electron chi connectivity index (χ3n) is 2.02. The van der Waals surface area contributed by atoms with E-state index in [0.717, 1.165) is 0 Å². The second-order valence-corrected chi connectivity index (χ2v) is 3.36. The minimum absolute atomic E-state index is 0.151. The number of anilines is 1. The Balaban J connectivity index is 3.01. The van der Waals surface area contributed by atoms with Gasteiger partial charge in [0.25, 0.3) is 0 Å². The first kappa shape index (κ1) is 13.3. The lowest BCUT2D eigenvalue weighted by Crippen LogP contribution is -2.13. The molecule has 0 spiro atoms. The molecule has 5 nitrogen and oxygen atoms in total. The molecule has 1 aromatic carbocycles. The van der Waals surface area contributed by atoms with Crippen molar-refractivity contribution in [3.63, 3.8) is 0 Å². The molecule has 0 atom stereocenters. The van der Waals surface area contributed by atoms with Crippen LogP contribution in [0.15, 0.2) is 18.2 Å². The highest BCUT2D eigenvalue weighted by atomic mass is 35.5. The molecule has 0 heterocycles. The van der Waals surface area contributed by atoms with Crippen LogP contribution >= 0.6 is 11.6 Å². The monoisotopic (exact) mass is 257 g/mol. The second-order valence-electron chi connectivity index (χ2n) is 3.09. The van der Waals surface area contributed by atoms with E-state index in [1.807, 2.05) is 0 Å². The first-order valence-corrected chi connectivity index (χ1v) is 5.28. The number of benzene rings is 1. The number of carbonyl (C=O) groups excluding carboxylic acids is 2. The van der Waals surface area contributed by atoms with Crippen LogP contribution in [-0.4, -0.2) is 32.0 Å². The van der Waals surface area contributed by atoms with Crippen molar-refractivity contribution in [1.29, 1.82) is 0 Å². The molecular formula is C11H12ClNO4. The maximum atomic E-state index is 11.3. The Morgan fingerprint density at radius 3 is 2.59 bits per heavy atom. The van der Waals surface area contributed by atoms with Gasteiger partial charge in [0, 0.05) is 0 Å². The Bertz CT molecular complexity index is 433. The summed E-state index contributed by atoms with van der Waals surface area (Å²) >= 11 is 5.37. The highest BCUT2D eigenvalue weighted by Crippen LogP contribution is 2.25. The molecule has 1 rings (SSSR count). The van der Waals surface area contributed by atoms with E-state index in [9.17, 15) is 9.59 Å². The normalized spacial score (nSPS) is 9.59. The molecule has 1 aromatic rings. The number of ether oxygens (including phenoxy) is 2. The summed E-state index contributed by atoms with van der Waals surface area (Å²) in [6.45, 7) is 0. The van der Waals surface area contributed by atoms with Crippen molar-refractivity contribution < 1.29 is 19.1 Å². The van der Waals surface area contributed by atoms with Gasteiger partial charge in [0.2, 0.25) is 5.91 Å². The fourth-order valence-corrected chi connectivity index (χ4v) is 1.29. The molecular weight excluding hydrogens is 246 g/mol. The average Bonchev–Trinajstić information content (AvgIpc) is 2.37. The standard InChI is InChI=1S/C11H12ClNO4/c1-16-9-5-7(11(15)17-2)3-4-8(9)13-10(14)6-12/h3-5H,6H2,1-2H3,(H,13,14). The van der Waals surface area contributed by atoms with Gasteiger partial charge >= 0.3 is 5.97 Å². The van der Waals surface area contributed by atoms with Crippen LogP contribution in [-0.2, 0) is 9.53 Å². The molecule has 1 N–H and O–H groups in total. The van der Waals surface area contributed by atoms with E-state index < -0.39 is 5.97 Å². The van der Waals surface area contributed by atoms with Gasteiger partial charge in [0.15, 0.2) is 0 Å². The zero-order valence-corrected chi connectivity index (χ0v) is 10.2. The van der Waals surface area contributed by atoms with Crippen LogP contribution in [0, 0.1) is 0 Å². The molecule has 0 unspecified atom stereocenters. The molecule has 0 saturated heterocycles. The van der Waals surface area contributed by atoms with Crippen molar-refractivity contribution in [3.05, 3.63) is 23.8 Å². The zero-order valence-electron chi connectivity index (χ0n) is 9.45. The Morgan fingerprint density at radius 1 is 1.35 bits per heavy atom. The largest absolute Gasteiger partial charge is 0.495 e. The van der Waals surface area contributed by atoms with Crippen molar-refractivity contribution in [2.75, 3.05) is 25.4 Å². The number of rotatable bonds is 4. The van der Waals surface area contributed by atoms with Crippen LogP contribution in [0.2, 0.25) is 0 Å². The minimum atomic E-state index is -0.474. The van der Waals surface area contributed by atoms with Gasteiger partial charge in [-0.25, -0.2) is 4.79 Å². The van der Waals surface area contributed by atoms with E-state index in [1.54, 1.807) is 6.07 Å². The first-order valence-electron chi connectivity index (χ1n) is 4.74. The van der Waals surface area contributed by atoms with Crippen LogP contribution in [0.25, 0.3) is 0 Å². The van der Waals surface area contributed by atoms with E-state index in [1.165, 1.54) is 26.4 Å². The Hall–Kier alpha value is -1.75. The lowest BCUT2D eigenvalue weighted by Gasteiger charge is -2.10. The average molecular weight is 258 g/mol. The summed E-state index contributed by atoms with van der Waals surface area (Å²) in [7, 11) is 2.73. The van der Waals surface area contributed by atoms with Crippen molar-refractivity contribution in [3.8, 4) is 5.75 Å². The molecule has 0 aliphatic carbocycles. The van der Waals surface area contributed by atoms with Gasteiger partial charge in [-0.2, -0.15) is 0 Å². The lowest BCUT2D eigenvalue weighted by atomic mass is 10.2. The SMILES string of the molecule is COC(=O)c1ccc(NC(=O)CCl)c(OC)c1. The van der Waals surface area contributed by atoms with Gasteiger partial charge in [-0.15, -0.1) is 11.6 Å². The number of methoxy groups -OCH3 is 2. The smallest absolute Gasteiger partial charge is 0.337 e. The topological polar surface area (TPSA) is 64.6 Å². The van der Waals surface area contributed by atoms with Crippen LogP contribution in [0.1, 0.15) is 10.4 Å². The third kappa shape index (κ3) is 3.35. The zero-order chi connectivity index (χ0) is 12.8. The summed E-state index contributed by atoms with van der Waals surface area (Å²) in [5, 5.41) is 2.55. The number of halogens is 1. The Kier molecular flexibility index (Phi) is 4.78. The first-order chi connectivity index (χ1) is 8.12. The van der Waals surface area contributed by atoms with Gasteiger partial charge in [0.1, 0.15) is 11.6 Å². The van der Waals surface area contributed by atoms with Crippen LogP contribution in [0.5, 0.6) is 5.75 Å². The number of hydrogen-bond donors (Lipinski definition) is 1. The molecule has 0 radical (unpaired) electrons. The molecule has 0 saturated carbocycles. The molecule has 17 heavy (non-hydrogen) atoms. The van der Waals surface area contributed by atoms with Crippen molar-refractivity contribution in [2.24, 2.45) is 0 Å². The van der Waals surface area contributed by atoms with Crippen molar-refractivity contribution >= 4 is 29.2 Å². The van der Waals surface area contributed by atoms with Gasteiger partial charge in [-0.1, -0.05) is 0 Å². The van der Waals surface area contributed by atoms with Gasteiger partial charge in [-0.3, -0.25) is 4.79 Å². The van der Waals surface area contributed by atoms with Crippen LogP contribution in [0.4, 0.5) is 5.69 Å². The summed E-state index contributed by atoms with van der Waals surface area (Å²) in [6, 6.07) is 4.56. The van der Waals surface area contributed by atoms with E-state index >= 15 is 0 Å². The summed E-state index contributed by atoms with van der Waals surface area (Å²) in [6.07, 6.45) is 0. The molecule has 92 valence electrons. The molecule has 0 aliphatic rings.